The highest BCUT2D eigenvalue weighted by Crippen LogP contribution is 2.45. The van der Waals surface area contributed by atoms with Crippen LogP contribution in [-0.4, -0.2) is 23.3 Å². The molecule has 4 rings (SSSR count). The summed E-state index contributed by atoms with van der Waals surface area (Å²) in [5, 5.41) is 0.963. The van der Waals surface area contributed by atoms with Crippen LogP contribution in [0.25, 0.3) is 0 Å². The highest BCUT2D eigenvalue weighted by atomic mass is 32.2. The highest BCUT2D eigenvalue weighted by Gasteiger charge is 2.49. The molecule has 3 nitrogen and oxygen atoms in total. The van der Waals surface area contributed by atoms with E-state index in [4.69, 9.17) is 9.98 Å². The van der Waals surface area contributed by atoms with Gasteiger partial charge in [-0.05, 0) is 56.2 Å². The third kappa shape index (κ3) is 3.70. The van der Waals surface area contributed by atoms with E-state index in [1.165, 1.54) is 16.8 Å². The molecule has 31 heavy (non-hydrogen) atoms. The summed E-state index contributed by atoms with van der Waals surface area (Å²) < 4.78 is 0. The van der Waals surface area contributed by atoms with Crippen LogP contribution in [0.3, 0.4) is 0 Å². The number of benzene rings is 3. The van der Waals surface area contributed by atoms with Gasteiger partial charge in [-0.15, -0.1) is 0 Å². The van der Waals surface area contributed by atoms with Gasteiger partial charge in [-0.3, -0.25) is 9.89 Å². The monoisotopic (exact) mass is 427 g/mol. The van der Waals surface area contributed by atoms with Crippen molar-refractivity contribution in [3.8, 4) is 0 Å². The average molecular weight is 428 g/mol. The number of aryl methyl sites for hydroxylation is 2. The van der Waals surface area contributed by atoms with Gasteiger partial charge in [-0.2, -0.15) is 0 Å². The van der Waals surface area contributed by atoms with E-state index < -0.39 is 5.54 Å². The second-order valence-electron chi connectivity index (χ2n) is 8.16. The van der Waals surface area contributed by atoms with E-state index in [9.17, 15) is 0 Å². The van der Waals surface area contributed by atoms with Crippen molar-refractivity contribution in [1.29, 1.82) is 0 Å². The molecule has 1 heterocycles. The van der Waals surface area contributed by atoms with E-state index in [2.05, 4.69) is 118 Å². The Morgan fingerprint density at radius 1 is 0.806 bits per heavy atom. The van der Waals surface area contributed by atoms with E-state index in [0.717, 1.165) is 22.1 Å². The molecule has 0 atom stereocenters. The molecular weight excluding hydrogens is 398 g/mol. The van der Waals surface area contributed by atoms with Crippen molar-refractivity contribution in [2.45, 2.75) is 39.3 Å². The van der Waals surface area contributed by atoms with Gasteiger partial charge in [-0.25, -0.2) is 4.99 Å². The Bertz CT molecular complexity index is 1060. The van der Waals surface area contributed by atoms with Crippen molar-refractivity contribution in [1.82, 2.24) is 0 Å². The lowest BCUT2D eigenvalue weighted by Crippen LogP contribution is -2.43. The Balaban J connectivity index is 2.09. The number of nitrogens with zero attached hydrogens (tertiary/aromatic N) is 3. The van der Waals surface area contributed by atoms with Gasteiger partial charge in [-0.1, -0.05) is 90.6 Å². The lowest BCUT2D eigenvalue weighted by molar-refractivity contribution is 0.722. The van der Waals surface area contributed by atoms with Crippen LogP contribution in [0.2, 0.25) is 0 Å². The molecule has 0 unspecified atom stereocenters. The van der Waals surface area contributed by atoms with Gasteiger partial charge in [0.05, 0.1) is 5.69 Å². The fraction of sp³-hybridized carbons (Fsp3) is 0.259. The smallest absolute Gasteiger partial charge is 0.171 e. The summed E-state index contributed by atoms with van der Waals surface area (Å²) in [7, 11) is 0. The van der Waals surface area contributed by atoms with Gasteiger partial charge in [0.1, 0.15) is 5.84 Å². The molecule has 0 amide bonds. The largest absolute Gasteiger partial charge is 0.274 e. The molecular formula is C27H29N3S. The minimum atomic E-state index is -0.695. The van der Waals surface area contributed by atoms with Crippen LogP contribution >= 0.6 is 11.8 Å². The summed E-state index contributed by atoms with van der Waals surface area (Å²) in [5.74, 6) is 0.960. The second kappa shape index (κ2) is 8.72. The maximum Gasteiger partial charge on any atom is 0.171 e. The van der Waals surface area contributed by atoms with Crippen LogP contribution in [0.5, 0.6) is 0 Å². The van der Waals surface area contributed by atoms with Crippen molar-refractivity contribution >= 4 is 28.5 Å². The molecule has 0 spiro atoms. The molecule has 1 aliphatic heterocycles. The zero-order chi connectivity index (χ0) is 22.0. The number of para-hydroxylation sites is 1. The van der Waals surface area contributed by atoms with Crippen LogP contribution in [0.15, 0.2) is 88.8 Å². The topological polar surface area (TPSA) is 28.0 Å². The van der Waals surface area contributed by atoms with Crippen LogP contribution in [0.4, 0.5) is 5.69 Å². The van der Waals surface area contributed by atoms with E-state index in [1.54, 1.807) is 11.8 Å². The average Bonchev–Trinajstić information content (AvgIpc) is 3.09. The predicted molar refractivity (Wildman–Crippen MR) is 136 cm³/mol. The Labute approximate surface area is 189 Å². The van der Waals surface area contributed by atoms with Gasteiger partial charge in [0, 0.05) is 6.04 Å². The van der Waals surface area contributed by atoms with Crippen molar-refractivity contribution in [2.75, 3.05) is 11.2 Å². The number of rotatable bonds is 4. The molecule has 0 bridgehead atoms. The molecule has 0 radical (unpaired) electrons. The zero-order valence-electron chi connectivity index (χ0n) is 18.8. The zero-order valence-corrected chi connectivity index (χ0v) is 19.6. The first-order valence-corrected chi connectivity index (χ1v) is 11.9. The maximum absolute atomic E-state index is 5.43. The number of hydrogen-bond donors (Lipinski definition) is 0. The van der Waals surface area contributed by atoms with Crippen LogP contribution < -0.4 is 4.90 Å². The predicted octanol–water partition coefficient (Wildman–Crippen LogP) is 6.59. The minimum Gasteiger partial charge on any atom is -0.274 e. The van der Waals surface area contributed by atoms with Crippen LogP contribution in [0.1, 0.15) is 36.1 Å². The standard InChI is InChI=1S/C27H29N3S/c1-19(2)28-25-27(22-15-8-6-9-16-22,23-17-10-7-11-18-23)29-26(31-5)30(25)24-20(3)13-12-14-21(24)4/h6-19H,1-5H3. The molecule has 3 aromatic rings. The minimum absolute atomic E-state index is 0.130. The molecule has 3 aromatic carbocycles. The summed E-state index contributed by atoms with van der Waals surface area (Å²) >= 11 is 1.67. The fourth-order valence-corrected chi connectivity index (χ4v) is 4.89. The summed E-state index contributed by atoms with van der Waals surface area (Å²) in [6.07, 6.45) is 2.10. The summed E-state index contributed by atoms with van der Waals surface area (Å²) in [5.41, 5.74) is 5.16. The van der Waals surface area contributed by atoms with E-state index in [1.807, 2.05) is 0 Å². The van der Waals surface area contributed by atoms with Gasteiger partial charge < -0.3 is 0 Å². The molecule has 0 N–H and O–H groups in total. The molecule has 0 saturated carbocycles. The van der Waals surface area contributed by atoms with Gasteiger partial charge in [0.25, 0.3) is 0 Å². The molecule has 1 aliphatic rings. The SMILES string of the molecule is CSC1=NC(c2ccccc2)(c2ccccc2)C(=NC(C)C)N1c1c(C)cccc1C. The normalized spacial score (nSPS) is 16.8. The Kier molecular flexibility index (Phi) is 6.01. The van der Waals surface area contributed by atoms with Crippen LogP contribution in [0, 0.1) is 13.8 Å². The van der Waals surface area contributed by atoms with E-state index in [0.29, 0.717) is 0 Å². The Morgan fingerprint density at radius 3 is 1.77 bits per heavy atom. The molecule has 158 valence electrons. The Morgan fingerprint density at radius 2 is 1.32 bits per heavy atom. The third-order valence-electron chi connectivity index (χ3n) is 5.60. The van der Waals surface area contributed by atoms with Crippen molar-refractivity contribution in [3.05, 3.63) is 101 Å². The van der Waals surface area contributed by atoms with E-state index in [-0.39, 0.29) is 6.04 Å². The fourth-order valence-electron chi connectivity index (χ4n) is 4.30. The lowest BCUT2D eigenvalue weighted by Gasteiger charge is -2.33. The molecule has 0 fully saturated rings. The second-order valence-corrected chi connectivity index (χ2v) is 8.94. The van der Waals surface area contributed by atoms with Crippen molar-refractivity contribution < 1.29 is 0 Å². The van der Waals surface area contributed by atoms with Gasteiger partial charge >= 0.3 is 0 Å². The molecule has 0 aliphatic carbocycles. The first kappa shape index (κ1) is 21.4. The van der Waals surface area contributed by atoms with Gasteiger partial charge in [0.2, 0.25) is 0 Å². The number of hydrogen-bond acceptors (Lipinski definition) is 3. The van der Waals surface area contributed by atoms with E-state index >= 15 is 0 Å². The number of amidine groups is 2. The van der Waals surface area contributed by atoms with Crippen molar-refractivity contribution in [2.24, 2.45) is 9.98 Å². The first-order valence-electron chi connectivity index (χ1n) is 10.7. The third-order valence-corrected chi connectivity index (χ3v) is 6.24. The lowest BCUT2D eigenvalue weighted by atomic mass is 9.82. The molecule has 0 saturated heterocycles. The first-order chi connectivity index (χ1) is 15.0. The van der Waals surface area contributed by atoms with Crippen molar-refractivity contribution in [3.63, 3.8) is 0 Å². The molecule has 0 aromatic heterocycles. The quantitative estimate of drug-likeness (QED) is 0.469. The number of anilines is 1. The summed E-state index contributed by atoms with van der Waals surface area (Å²) in [6.45, 7) is 8.60. The molecule has 4 heteroatoms. The summed E-state index contributed by atoms with van der Waals surface area (Å²) in [4.78, 5) is 13.0. The van der Waals surface area contributed by atoms with Gasteiger partial charge in [0.15, 0.2) is 10.7 Å². The Hall–Kier alpha value is -2.85. The number of thioether (sulfide) groups is 1. The summed E-state index contributed by atoms with van der Waals surface area (Å²) in [6, 6.07) is 27.7. The number of aliphatic imine (C=N–C) groups is 2. The maximum atomic E-state index is 5.43. The highest BCUT2D eigenvalue weighted by molar-refractivity contribution is 8.13. The van der Waals surface area contributed by atoms with Crippen LogP contribution in [-0.2, 0) is 5.54 Å².